The zero-order valence-electron chi connectivity index (χ0n) is 18.9. The third-order valence-corrected chi connectivity index (χ3v) is 5.07. The lowest BCUT2D eigenvalue weighted by Crippen LogP contribution is -2.41. The van der Waals surface area contributed by atoms with Crippen LogP contribution < -0.4 is 15.4 Å². The highest BCUT2D eigenvalue weighted by Crippen LogP contribution is 2.07. The van der Waals surface area contributed by atoms with Gasteiger partial charge in [0.1, 0.15) is 24.5 Å². The highest BCUT2D eigenvalue weighted by molar-refractivity contribution is 14.0. The quantitative estimate of drug-likeness (QED) is 0.178. The van der Waals surface area contributed by atoms with Crippen LogP contribution in [-0.4, -0.2) is 84.7 Å². The van der Waals surface area contributed by atoms with Crippen molar-refractivity contribution in [3.05, 3.63) is 42.5 Å². The fourth-order valence-corrected chi connectivity index (χ4v) is 3.37. The second kappa shape index (κ2) is 15.8. The molecule has 9 nitrogen and oxygen atoms in total. The molecule has 0 atom stereocenters. The molecular weight excluding hydrogens is 521 g/mol. The summed E-state index contributed by atoms with van der Waals surface area (Å²) in [4.78, 5) is 7.19. The van der Waals surface area contributed by atoms with Crippen LogP contribution in [0.5, 0.6) is 5.75 Å². The van der Waals surface area contributed by atoms with Gasteiger partial charge in [-0.05, 0) is 18.6 Å². The maximum Gasteiger partial charge on any atom is 0.191 e. The van der Waals surface area contributed by atoms with Crippen molar-refractivity contribution in [2.75, 3.05) is 59.1 Å². The van der Waals surface area contributed by atoms with Crippen LogP contribution in [0.1, 0.15) is 19.2 Å². The summed E-state index contributed by atoms with van der Waals surface area (Å²) >= 11 is 0. The summed E-state index contributed by atoms with van der Waals surface area (Å²) in [6, 6.07) is 9.85. The van der Waals surface area contributed by atoms with Gasteiger partial charge in [-0.25, -0.2) is 0 Å². The number of morpholine rings is 1. The number of aryl methyl sites for hydroxylation is 1. The molecule has 1 aliphatic rings. The predicted molar refractivity (Wildman–Crippen MR) is 137 cm³/mol. The standard InChI is InChI=1S/C22H35N7O2.HI/c1-2-21-27-26-19-29(21)13-10-24-22(23-9-6-12-28-14-17-30-18-15-28)25-11-16-31-20-7-4-3-5-8-20;/h3-5,7-8,19H,2,6,9-18H2,1H3,(H2,23,24,25);1H. The smallest absolute Gasteiger partial charge is 0.191 e. The molecule has 1 aromatic carbocycles. The number of nitrogens with zero attached hydrogens (tertiary/aromatic N) is 5. The van der Waals surface area contributed by atoms with Crippen LogP contribution in [-0.2, 0) is 17.7 Å². The Balaban J connectivity index is 0.00000363. The largest absolute Gasteiger partial charge is 0.492 e. The molecule has 0 bridgehead atoms. The van der Waals surface area contributed by atoms with Crippen molar-refractivity contribution in [3.63, 3.8) is 0 Å². The average Bonchev–Trinajstić information content (AvgIpc) is 3.28. The second-order valence-corrected chi connectivity index (χ2v) is 7.35. The minimum Gasteiger partial charge on any atom is -0.492 e. The van der Waals surface area contributed by atoms with Gasteiger partial charge in [-0.2, -0.15) is 0 Å². The van der Waals surface area contributed by atoms with Gasteiger partial charge < -0.3 is 24.7 Å². The lowest BCUT2D eigenvalue weighted by atomic mass is 10.3. The summed E-state index contributed by atoms with van der Waals surface area (Å²) < 4.78 is 13.3. The number of para-hydroxylation sites is 1. The lowest BCUT2D eigenvalue weighted by molar-refractivity contribution is 0.0377. The van der Waals surface area contributed by atoms with Crippen molar-refractivity contribution < 1.29 is 9.47 Å². The first kappa shape index (κ1) is 26.3. The molecule has 3 rings (SSSR count). The molecule has 2 heterocycles. The third kappa shape index (κ3) is 9.70. The second-order valence-electron chi connectivity index (χ2n) is 7.35. The number of ether oxygens (including phenoxy) is 2. The van der Waals surface area contributed by atoms with E-state index in [1.165, 1.54) is 0 Å². The van der Waals surface area contributed by atoms with Crippen LogP contribution in [0.4, 0.5) is 0 Å². The van der Waals surface area contributed by atoms with E-state index in [0.717, 1.165) is 82.9 Å². The van der Waals surface area contributed by atoms with Crippen molar-refractivity contribution in [1.29, 1.82) is 0 Å². The Labute approximate surface area is 208 Å². The fourth-order valence-electron chi connectivity index (χ4n) is 3.37. The minimum absolute atomic E-state index is 0. The molecule has 1 saturated heterocycles. The number of nitrogens with one attached hydrogen (secondary N) is 2. The molecule has 2 aromatic rings. The molecule has 0 aliphatic carbocycles. The Morgan fingerprint density at radius 3 is 2.69 bits per heavy atom. The van der Waals surface area contributed by atoms with E-state index in [-0.39, 0.29) is 24.0 Å². The molecule has 32 heavy (non-hydrogen) atoms. The summed E-state index contributed by atoms with van der Waals surface area (Å²) in [5, 5.41) is 14.9. The minimum atomic E-state index is 0. The van der Waals surface area contributed by atoms with Crippen molar-refractivity contribution in [2.45, 2.75) is 26.3 Å². The number of benzene rings is 1. The highest BCUT2D eigenvalue weighted by atomic mass is 127. The maximum atomic E-state index is 5.77. The number of hydrogen-bond donors (Lipinski definition) is 2. The Bertz CT molecular complexity index is 767. The van der Waals surface area contributed by atoms with Crippen LogP contribution in [0.3, 0.4) is 0 Å². The summed E-state index contributed by atoms with van der Waals surface area (Å²) in [6.45, 7) is 10.4. The number of halogens is 1. The Hall–Kier alpha value is -1.92. The predicted octanol–water partition coefficient (Wildman–Crippen LogP) is 1.80. The topological polar surface area (TPSA) is 88.8 Å². The van der Waals surface area contributed by atoms with Gasteiger partial charge in [0.15, 0.2) is 5.96 Å². The molecule has 0 spiro atoms. The van der Waals surface area contributed by atoms with E-state index in [4.69, 9.17) is 14.5 Å². The van der Waals surface area contributed by atoms with Crippen LogP contribution >= 0.6 is 24.0 Å². The van der Waals surface area contributed by atoms with Gasteiger partial charge in [0.2, 0.25) is 0 Å². The molecular formula is C22H36IN7O2. The van der Waals surface area contributed by atoms with E-state index < -0.39 is 0 Å². The first-order valence-electron chi connectivity index (χ1n) is 11.2. The number of guanidine groups is 1. The normalized spacial score (nSPS) is 14.6. The molecule has 0 amide bonds. The molecule has 178 valence electrons. The average molecular weight is 557 g/mol. The highest BCUT2D eigenvalue weighted by Gasteiger charge is 2.09. The zero-order valence-corrected chi connectivity index (χ0v) is 21.2. The van der Waals surface area contributed by atoms with E-state index in [1.807, 2.05) is 30.3 Å². The van der Waals surface area contributed by atoms with E-state index in [2.05, 4.69) is 37.2 Å². The molecule has 1 fully saturated rings. The van der Waals surface area contributed by atoms with Gasteiger partial charge in [0.25, 0.3) is 0 Å². The number of aliphatic imine (C=N–C) groups is 1. The monoisotopic (exact) mass is 557 g/mol. The first-order valence-corrected chi connectivity index (χ1v) is 11.2. The van der Waals surface area contributed by atoms with E-state index in [1.54, 1.807) is 6.33 Å². The fraction of sp³-hybridized carbons (Fsp3) is 0.591. The van der Waals surface area contributed by atoms with Gasteiger partial charge in [0, 0.05) is 45.7 Å². The molecule has 0 saturated carbocycles. The molecule has 10 heteroatoms. The molecule has 0 unspecified atom stereocenters. The van der Waals surface area contributed by atoms with Crippen molar-refractivity contribution in [1.82, 2.24) is 30.3 Å². The molecule has 1 aliphatic heterocycles. The van der Waals surface area contributed by atoms with Gasteiger partial charge in [0.05, 0.1) is 19.8 Å². The van der Waals surface area contributed by atoms with Gasteiger partial charge in [-0.1, -0.05) is 25.1 Å². The van der Waals surface area contributed by atoms with E-state index in [9.17, 15) is 0 Å². The Morgan fingerprint density at radius 2 is 1.91 bits per heavy atom. The number of aromatic nitrogens is 3. The summed E-state index contributed by atoms with van der Waals surface area (Å²) in [7, 11) is 0. The Kier molecular flexibility index (Phi) is 13.0. The van der Waals surface area contributed by atoms with Gasteiger partial charge in [-0.3, -0.25) is 9.89 Å². The van der Waals surface area contributed by atoms with Crippen LogP contribution in [0.25, 0.3) is 0 Å². The lowest BCUT2D eigenvalue weighted by Gasteiger charge is -2.26. The van der Waals surface area contributed by atoms with Crippen LogP contribution in [0.15, 0.2) is 41.7 Å². The van der Waals surface area contributed by atoms with E-state index in [0.29, 0.717) is 13.2 Å². The van der Waals surface area contributed by atoms with Crippen molar-refractivity contribution >= 4 is 29.9 Å². The number of rotatable bonds is 12. The third-order valence-electron chi connectivity index (χ3n) is 5.07. The van der Waals surface area contributed by atoms with E-state index >= 15 is 0 Å². The Morgan fingerprint density at radius 1 is 1.12 bits per heavy atom. The molecule has 0 radical (unpaired) electrons. The summed E-state index contributed by atoms with van der Waals surface area (Å²) in [5.74, 6) is 2.68. The SMILES string of the molecule is CCc1nncn1CCNC(=NCCCN1CCOCC1)NCCOc1ccccc1.I. The van der Waals surface area contributed by atoms with Gasteiger partial charge >= 0.3 is 0 Å². The van der Waals surface area contributed by atoms with Crippen LogP contribution in [0.2, 0.25) is 0 Å². The van der Waals surface area contributed by atoms with Crippen LogP contribution in [0, 0.1) is 0 Å². The first-order chi connectivity index (χ1) is 15.3. The zero-order chi connectivity index (χ0) is 21.6. The van der Waals surface area contributed by atoms with Crippen molar-refractivity contribution in [3.8, 4) is 5.75 Å². The molecule has 2 N–H and O–H groups in total. The van der Waals surface area contributed by atoms with Crippen molar-refractivity contribution in [2.24, 2.45) is 4.99 Å². The molecule has 1 aromatic heterocycles. The summed E-state index contributed by atoms with van der Waals surface area (Å²) in [6.07, 6.45) is 3.68. The summed E-state index contributed by atoms with van der Waals surface area (Å²) in [5.41, 5.74) is 0. The number of hydrogen-bond acceptors (Lipinski definition) is 6. The van der Waals surface area contributed by atoms with Gasteiger partial charge in [-0.15, -0.1) is 34.2 Å². The maximum absolute atomic E-state index is 5.77.